The third-order valence-electron chi connectivity index (χ3n) is 2.87. The summed E-state index contributed by atoms with van der Waals surface area (Å²) in [6.45, 7) is 0.856. The van der Waals surface area contributed by atoms with Crippen LogP contribution in [0.3, 0.4) is 0 Å². The molecule has 104 valence electrons. The summed E-state index contributed by atoms with van der Waals surface area (Å²) in [5.74, 6) is -0.656. The van der Waals surface area contributed by atoms with E-state index in [0.29, 0.717) is 19.0 Å². The number of methoxy groups -OCH3 is 1. The first-order valence-corrected chi connectivity index (χ1v) is 6.22. The molecule has 0 aliphatic carbocycles. The molecule has 0 radical (unpaired) electrons. The zero-order valence-electron chi connectivity index (χ0n) is 11.2. The molecule has 1 N–H and O–H groups in total. The molecule has 0 aliphatic rings. The number of rotatable bonds is 6. The second kappa shape index (κ2) is 6.73. The van der Waals surface area contributed by atoms with E-state index in [4.69, 9.17) is 14.6 Å². The highest BCUT2D eigenvalue weighted by molar-refractivity contribution is 5.91. The van der Waals surface area contributed by atoms with Gasteiger partial charge in [0.15, 0.2) is 0 Å². The molecule has 4 heteroatoms. The summed E-state index contributed by atoms with van der Waals surface area (Å²) < 4.78 is 10.6. The van der Waals surface area contributed by atoms with Gasteiger partial charge in [-0.05, 0) is 23.3 Å². The summed E-state index contributed by atoms with van der Waals surface area (Å²) in [5.41, 5.74) is 2.03. The molecule has 0 atom stereocenters. The van der Waals surface area contributed by atoms with E-state index in [-0.39, 0.29) is 5.56 Å². The average molecular weight is 272 g/mol. The van der Waals surface area contributed by atoms with Gasteiger partial charge in [-0.1, -0.05) is 36.4 Å². The van der Waals surface area contributed by atoms with Crippen molar-refractivity contribution in [1.29, 1.82) is 0 Å². The summed E-state index contributed by atoms with van der Waals surface area (Å²) in [6.07, 6.45) is 0. The molecule has 0 bridgehead atoms. The van der Waals surface area contributed by atoms with Gasteiger partial charge < -0.3 is 14.6 Å². The van der Waals surface area contributed by atoms with Crippen LogP contribution < -0.4 is 4.74 Å². The largest absolute Gasteiger partial charge is 0.496 e. The van der Waals surface area contributed by atoms with Gasteiger partial charge in [0, 0.05) is 0 Å². The van der Waals surface area contributed by atoms with Gasteiger partial charge in [-0.2, -0.15) is 0 Å². The molecule has 2 aromatic carbocycles. The van der Waals surface area contributed by atoms with Crippen LogP contribution in [0.5, 0.6) is 5.75 Å². The fourth-order valence-corrected chi connectivity index (χ4v) is 1.87. The Labute approximate surface area is 117 Å². The molecule has 4 nitrogen and oxygen atoms in total. The van der Waals surface area contributed by atoms with Crippen molar-refractivity contribution in [2.24, 2.45) is 0 Å². The number of carbonyl (C=O) groups is 1. The Hall–Kier alpha value is -2.33. The molecule has 0 fully saturated rings. The van der Waals surface area contributed by atoms with Gasteiger partial charge in [0.05, 0.1) is 20.3 Å². The van der Waals surface area contributed by atoms with Crippen molar-refractivity contribution < 1.29 is 19.4 Å². The van der Waals surface area contributed by atoms with Crippen molar-refractivity contribution in [3.8, 4) is 5.75 Å². The third kappa shape index (κ3) is 3.59. The Balaban J connectivity index is 1.99. The summed E-state index contributed by atoms with van der Waals surface area (Å²) in [4.78, 5) is 11.1. The molecule has 2 rings (SSSR count). The monoisotopic (exact) mass is 272 g/mol. The van der Waals surface area contributed by atoms with E-state index in [1.807, 2.05) is 30.3 Å². The normalized spacial score (nSPS) is 10.2. The van der Waals surface area contributed by atoms with Gasteiger partial charge >= 0.3 is 5.97 Å². The van der Waals surface area contributed by atoms with E-state index < -0.39 is 5.97 Å². The number of ether oxygens (including phenoxy) is 2. The highest BCUT2D eigenvalue weighted by Crippen LogP contribution is 2.20. The van der Waals surface area contributed by atoms with Gasteiger partial charge in [-0.15, -0.1) is 0 Å². The minimum absolute atomic E-state index is 0.147. The van der Waals surface area contributed by atoms with Crippen LogP contribution in [0.15, 0.2) is 48.5 Å². The van der Waals surface area contributed by atoms with Crippen molar-refractivity contribution in [2.75, 3.05) is 7.11 Å². The molecule has 0 aromatic heterocycles. The van der Waals surface area contributed by atoms with Crippen molar-refractivity contribution in [3.05, 3.63) is 65.2 Å². The van der Waals surface area contributed by atoms with Crippen LogP contribution >= 0.6 is 0 Å². The fourth-order valence-electron chi connectivity index (χ4n) is 1.87. The predicted octanol–water partition coefficient (Wildman–Crippen LogP) is 3.11. The lowest BCUT2D eigenvalue weighted by Gasteiger charge is -2.08. The van der Waals surface area contributed by atoms with E-state index in [0.717, 1.165) is 11.1 Å². The first kappa shape index (κ1) is 14.1. The average Bonchev–Trinajstić information content (AvgIpc) is 2.48. The summed E-state index contributed by atoms with van der Waals surface area (Å²) in [5, 5.41) is 9.10. The molecule has 0 heterocycles. The van der Waals surface area contributed by atoms with E-state index in [2.05, 4.69) is 0 Å². The number of benzene rings is 2. The van der Waals surface area contributed by atoms with Crippen molar-refractivity contribution in [2.45, 2.75) is 13.2 Å². The second-order valence-corrected chi connectivity index (χ2v) is 4.32. The Bertz CT molecular complexity index is 578. The minimum Gasteiger partial charge on any atom is -0.496 e. The standard InChI is InChI=1S/C16H16O4/c1-19-15-8-7-13(9-14(15)16(17)18)11-20-10-12-5-3-2-4-6-12/h2-9H,10-11H2,1H3,(H,17,18). The topological polar surface area (TPSA) is 55.8 Å². The summed E-state index contributed by atoms with van der Waals surface area (Å²) in [6, 6.07) is 14.8. The maximum absolute atomic E-state index is 11.1. The molecule has 0 unspecified atom stereocenters. The quantitative estimate of drug-likeness (QED) is 0.877. The van der Waals surface area contributed by atoms with Crippen LogP contribution in [-0.4, -0.2) is 18.2 Å². The third-order valence-corrected chi connectivity index (χ3v) is 2.87. The SMILES string of the molecule is COc1ccc(COCc2ccccc2)cc1C(=O)O. The number of hydrogen-bond acceptors (Lipinski definition) is 3. The smallest absolute Gasteiger partial charge is 0.339 e. The van der Waals surface area contributed by atoms with Crippen molar-refractivity contribution in [1.82, 2.24) is 0 Å². The van der Waals surface area contributed by atoms with Gasteiger partial charge in [0.1, 0.15) is 11.3 Å². The van der Waals surface area contributed by atoms with E-state index in [1.165, 1.54) is 7.11 Å². The predicted molar refractivity (Wildman–Crippen MR) is 74.9 cm³/mol. The Morgan fingerprint density at radius 2 is 1.75 bits per heavy atom. The number of carboxylic acids is 1. The van der Waals surface area contributed by atoms with Crippen molar-refractivity contribution >= 4 is 5.97 Å². The molecule has 0 saturated carbocycles. The van der Waals surface area contributed by atoms with Gasteiger partial charge in [0.2, 0.25) is 0 Å². The lowest BCUT2D eigenvalue weighted by Crippen LogP contribution is -2.02. The van der Waals surface area contributed by atoms with E-state index >= 15 is 0 Å². The summed E-state index contributed by atoms with van der Waals surface area (Å²) >= 11 is 0. The number of hydrogen-bond donors (Lipinski definition) is 1. The highest BCUT2D eigenvalue weighted by atomic mass is 16.5. The second-order valence-electron chi connectivity index (χ2n) is 4.32. The van der Waals surface area contributed by atoms with E-state index in [1.54, 1.807) is 18.2 Å². The first-order chi connectivity index (χ1) is 9.70. The van der Waals surface area contributed by atoms with Crippen LogP contribution in [0.2, 0.25) is 0 Å². The Morgan fingerprint density at radius 1 is 1.05 bits per heavy atom. The van der Waals surface area contributed by atoms with Crippen LogP contribution in [0.25, 0.3) is 0 Å². The molecule has 20 heavy (non-hydrogen) atoms. The van der Waals surface area contributed by atoms with Crippen LogP contribution in [0, 0.1) is 0 Å². The van der Waals surface area contributed by atoms with Gasteiger partial charge in [-0.25, -0.2) is 4.79 Å². The molecule has 0 aliphatic heterocycles. The molecular formula is C16H16O4. The minimum atomic E-state index is -1.01. The molecule has 2 aromatic rings. The lowest BCUT2D eigenvalue weighted by atomic mass is 10.1. The first-order valence-electron chi connectivity index (χ1n) is 6.22. The zero-order valence-corrected chi connectivity index (χ0v) is 11.2. The van der Waals surface area contributed by atoms with Crippen molar-refractivity contribution in [3.63, 3.8) is 0 Å². The number of aromatic carboxylic acids is 1. The zero-order chi connectivity index (χ0) is 14.4. The van der Waals surface area contributed by atoms with E-state index in [9.17, 15) is 4.79 Å². The number of carboxylic acid groups (broad SMARTS) is 1. The highest BCUT2D eigenvalue weighted by Gasteiger charge is 2.11. The van der Waals surface area contributed by atoms with Gasteiger partial charge in [0.25, 0.3) is 0 Å². The van der Waals surface area contributed by atoms with Crippen LogP contribution in [0.1, 0.15) is 21.5 Å². The molecule has 0 amide bonds. The maximum atomic E-state index is 11.1. The lowest BCUT2D eigenvalue weighted by molar-refractivity contribution is 0.0692. The molecular weight excluding hydrogens is 256 g/mol. The fraction of sp³-hybridized carbons (Fsp3) is 0.188. The van der Waals surface area contributed by atoms with Crippen LogP contribution in [0.4, 0.5) is 0 Å². The van der Waals surface area contributed by atoms with Crippen LogP contribution in [-0.2, 0) is 18.0 Å². The summed E-state index contributed by atoms with van der Waals surface area (Å²) in [7, 11) is 1.45. The molecule has 0 spiro atoms. The van der Waals surface area contributed by atoms with Gasteiger partial charge in [-0.3, -0.25) is 0 Å². The Kier molecular flexibility index (Phi) is 4.74. The Morgan fingerprint density at radius 3 is 2.40 bits per heavy atom. The maximum Gasteiger partial charge on any atom is 0.339 e. The molecule has 0 saturated heterocycles.